The number of alkyl halides is 1. The number of hydrogen-bond acceptors (Lipinski definition) is 3. The third kappa shape index (κ3) is 4.69. The molecule has 1 heterocycles. The first-order chi connectivity index (χ1) is 9.92. The van der Waals surface area contributed by atoms with Crippen molar-refractivity contribution < 1.29 is 8.42 Å². The fourth-order valence-electron chi connectivity index (χ4n) is 1.73. The Hall–Kier alpha value is -0.0800. The average molecular weight is 474 g/mol. The van der Waals surface area contributed by atoms with Gasteiger partial charge in [-0.15, -0.1) is 11.3 Å². The van der Waals surface area contributed by atoms with Gasteiger partial charge in [0.05, 0.1) is 8.81 Å². The summed E-state index contributed by atoms with van der Waals surface area (Å²) in [4.78, 5) is 0. The van der Waals surface area contributed by atoms with E-state index in [1.54, 1.807) is 6.07 Å². The molecule has 0 aliphatic rings. The molecular weight excluding hydrogens is 462 g/mol. The Morgan fingerprint density at radius 3 is 2.67 bits per heavy atom. The van der Waals surface area contributed by atoms with Crippen molar-refractivity contribution in [3.8, 4) is 0 Å². The van der Waals surface area contributed by atoms with Crippen molar-refractivity contribution in [3.63, 3.8) is 0 Å². The molecule has 114 valence electrons. The third-order valence-corrected chi connectivity index (χ3v) is 7.56. The maximum Gasteiger partial charge on any atom is 0.271 e. The van der Waals surface area contributed by atoms with Crippen molar-refractivity contribution in [1.82, 2.24) is 0 Å². The Labute approximate surface area is 150 Å². The van der Waals surface area contributed by atoms with Crippen LogP contribution in [0.25, 0.3) is 0 Å². The second-order valence-corrected chi connectivity index (χ2v) is 9.77. The minimum atomic E-state index is -3.61. The molecule has 0 bridgehead atoms. The number of rotatable bonds is 6. The second-order valence-electron chi connectivity index (χ2n) is 4.29. The molecule has 1 aromatic heterocycles. The molecule has 0 atom stereocenters. The maximum absolute atomic E-state index is 12.3. The Balaban J connectivity index is 2.20. The van der Waals surface area contributed by atoms with Gasteiger partial charge in [-0.3, -0.25) is 4.72 Å². The van der Waals surface area contributed by atoms with Crippen molar-refractivity contribution in [3.05, 3.63) is 44.7 Å². The van der Waals surface area contributed by atoms with Gasteiger partial charge in [0, 0.05) is 11.0 Å². The van der Waals surface area contributed by atoms with E-state index >= 15 is 0 Å². The molecule has 2 aromatic rings. The summed E-state index contributed by atoms with van der Waals surface area (Å²) in [5.74, 6) is 0. The van der Waals surface area contributed by atoms with Gasteiger partial charge >= 0.3 is 0 Å². The predicted molar refractivity (Wildman–Crippen MR) is 96.4 cm³/mol. The highest BCUT2D eigenvalue weighted by Gasteiger charge is 2.19. The van der Waals surface area contributed by atoms with E-state index < -0.39 is 10.0 Å². The highest BCUT2D eigenvalue weighted by molar-refractivity contribution is 9.11. The second kappa shape index (κ2) is 7.46. The minimum Gasteiger partial charge on any atom is -0.279 e. The summed E-state index contributed by atoms with van der Waals surface area (Å²) < 4.78 is 28.0. The first-order valence-corrected chi connectivity index (χ1v) is 10.6. The zero-order valence-corrected chi connectivity index (χ0v) is 16.3. The molecule has 0 unspecified atom stereocenters. The van der Waals surface area contributed by atoms with Gasteiger partial charge in [0.1, 0.15) is 4.21 Å². The molecule has 0 radical (unpaired) electrons. The number of halogens is 3. The maximum atomic E-state index is 12.3. The van der Waals surface area contributed by atoms with Gasteiger partial charge in [-0.1, -0.05) is 39.7 Å². The van der Waals surface area contributed by atoms with Crippen LogP contribution in [-0.2, 0) is 16.4 Å². The van der Waals surface area contributed by atoms with Crippen LogP contribution in [0.3, 0.4) is 0 Å². The Bertz CT molecular complexity index is 712. The normalized spacial score (nSPS) is 11.6. The molecule has 0 aliphatic carbocycles. The van der Waals surface area contributed by atoms with Crippen molar-refractivity contribution in [2.45, 2.75) is 17.1 Å². The van der Waals surface area contributed by atoms with Crippen LogP contribution >= 0.6 is 54.8 Å². The van der Waals surface area contributed by atoms with Crippen molar-refractivity contribution in [2.24, 2.45) is 0 Å². The van der Waals surface area contributed by atoms with Crippen LogP contribution in [0.4, 0.5) is 5.69 Å². The largest absolute Gasteiger partial charge is 0.279 e. The monoisotopic (exact) mass is 471 g/mol. The molecule has 1 aromatic carbocycles. The molecule has 21 heavy (non-hydrogen) atoms. The Kier molecular flexibility index (Phi) is 6.14. The van der Waals surface area contributed by atoms with Crippen LogP contribution in [0, 0.1) is 0 Å². The fraction of sp³-hybridized carbons (Fsp3) is 0.231. The molecule has 0 fully saturated rings. The van der Waals surface area contributed by atoms with E-state index in [9.17, 15) is 8.42 Å². The zero-order valence-electron chi connectivity index (χ0n) is 10.8. The number of anilines is 1. The lowest BCUT2D eigenvalue weighted by Gasteiger charge is -2.08. The summed E-state index contributed by atoms with van der Waals surface area (Å²) in [6.07, 6.45) is 1.90. The molecule has 0 spiro atoms. The summed E-state index contributed by atoms with van der Waals surface area (Å²) in [7, 11) is -3.61. The lowest BCUT2D eigenvalue weighted by atomic mass is 10.1. The first-order valence-electron chi connectivity index (χ1n) is 6.05. The summed E-state index contributed by atoms with van der Waals surface area (Å²) in [5.41, 5.74) is 1.66. The summed E-state index contributed by atoms with van der Waals surface area (Å²) in [5, 5.41) is 1.32. The topological polar surface area (TPSA) is 46.2 Å². The Morgan fingerprint density at radius 1 is 1.29 bits per heavy atom. The van der Waals surface area contributed by atoms with Crippen molar-refractivity contribution in [2.75, 3.05) is 10.1 Å². The number of hydrogen-bond donors (Lipinski definition) is 1. The predicted octanol–water partition coefficient (Wildman–Crippen LogP) is 5.29. The third-order valence-electron chi connectivity index (χ3n) is 2.67. The quantitative estimate of drug-likeness (QED) is 0.580. The number of nitrogens with one attached hydrogen (secondary N) is 1. The molecule has 2 rings (SSSR count). The van der Waals surface area contributed by atoms with E-state index in [2.05, 4.69) is 36.6 Å². The van der Waals surface area contributed by atoms with Gasteiger partial charge in [-0.2, -0.15) is 0 Å². The first kappa shape index (κ1) is 17.3. The highest BCUT2D eigenvalue weighted by Crippen LogP contribution is 2.35. The molecule has 0 saturated carbocycles. The number of benzene rings is 1. The molecule has 1 N–H and O–H groups in total. The van der Waals surface area contributed by atoms with Gasteiger partial charge in [-0.05, 0) is 52.5 Å². The zero-order chi connectivity index (χ0) is 15.5. The minimum absolute atomic E-state index is 0.185. The summed E-state index contributed by atoms with van der Waals surface area (Å²) in [6.45, 7) is 0. The molecule has 8 heteroatoms. The molecular formula is C13H12Br2ClNO2S2. The number of aryl methyl sites for hydroxylation is 1. The van der Waals surface area contributed by atoms with Gasteiger partial charge in [0.25, 0.3) is 10.0 Å². The van der Waals surface area contributed by atoms with E-state index in [1.807, 2.05) is 18.2 Å². The van der Waals surface area contributed by atoms with Crippen LogP contribution in [0.2, 0.25) is 5.02 Å². The molecule has 0 amide bonds. The molecule has 0 saturated heterocycles. The van der Waals surface area contributed by atoms with Crippen LogP contribution in [0.1, 0.15) is 12.0 Å². The fourth-order valence-corrected chi connectivity index (χ4v) is 5.45. The van der Waals surface area contributed by atoms with Gasteiger partial charge in [0.15, 0.2) is 0 Å². The van der Waals surface area contributed by atoms with Gasteiger partial charge < -0.3 is 0 Å². The smallest absolute Gasteiger partial charge is 0.271 e. The van der Waals surface area contributed by atoms with Gasteiger partial charge in [-0.25, -0.2) is 8.42 Å². The van der Waals surface area contributed by atoms with Crippen LogP contribution in [0.15, 0.2) is 38.3 Å². The van der Waals surface area contributed by atoms with E-state index in [-0.39, 0.29) is 4.21 Å². The molecule has 0 aliphatic heterocycles. The lowest BCUT2D eigenvalue weighted by molar-refractivity contribution is 0.603. The van der Waals surface area contributed by atoms with Crippen LogP contribution in [0.5, 0.6) is 0 Å². The molecule has 3 nitrogen and oxygen atoms in total. The SMILES string of the molecule is O=S(=O)(Nc1cccc(CCCBr)c1)c1cc(Cl)c(Br)s1. The lowest BCUT2D eigenvalue weighted by Crippen LogP contribution is -2.11. The van der Waals surface area contributed by atoms with E-state index in [0.717, 1.165) is 35.1 Å². The summed E-state index contributed by atoms with van der Waals surface area (Å²) >= 11 is 13.6. The number of sulfonamides is 1. The van der Waals surface area contributed by atoms with Crippen molar-refractivity contribution >= 4 is 70.5 Å². The van der Waals surface area contributed by atoms with Gasteiger partial charge in [0.2, 0.25) is 0 Å². The van der Waals surface area contributed by atoms with Crippen LogP contribution < -0.4 is 4.72 Å². The number of thiophene rings is 1. The average Bonchev–Trinajstić information content (AvgIpc) is 2.77. The van der Waals surface area contributed by atoms with E-state index in [0.29, 0.717) is 14.5 Å². The van der Waals surface area contributed by atoms with E-state index in [4.69, 9.17) is 11.6 Å². The highest BCUT2D eigenvalue weighted by atomic mass is 79.9. The summed E-state index contributed by atoms with van der Waals surface area (Å²) in [6, 6.07) is 8.86. The van der Waals surface area contributed by atoms with Crippen LogP contribution in [-0.4, -0.2) is 13.7 Å². The Morgan fingerprint density at radius 2 is 2.05 bits per heavy atom. The van der Waals surface area contributed by atoms with E-state index in [1.165, 1.54) is 6.07 Å². The van der Waals surface area contributed by atoms with Crippen molar-refractivity contribution in [1.29, 1.82) is 0 Å². The standard InChI is InChI=1S/C13H12Br2ClNO2S2/c14-6-2-4-9-3-1-5-10(7-9)17-21(18,19)12-8-11(16)13(15)20-12/h1,3,5,7-8,17H,2,4,6H2.